The topological polar surface area (TPSA) is 108 Å². The van der Waals surface area contributed by atoms with Gasteiger partial charge in [0, 0.05) is 11.2 Å². The number of carbonyl (C=O) groups excluding carboxylic acids is 1. The molecular formula is C23H16ClN7O2. The highest BCUT2D eigenvalue weighted by Crippen LogP contribution is 2.31. The van der Waals surface area contributed by atoms with E-state index in [1.54, 1.807) is 43.5 Å². The van der Waals surface area contributed by atoms with Crippen molar-refractivity contribution in [2.45, 2.75) is 6.92 Å². The van der Waals surface area contributed by atoms with Crippen LogP contribution >= 0.6 is 11.6 Å². The summed E-state index contributed by atoms with van der Waals surface area (Å²) >= 11 is 6.05. The summed E-state index contributed by atoms with van der Waals surface area (Å²) in [5.74, 6) is 0.0258. The highest BCUT2D eigenvalue weighted by Gasteiger charge is 2.19. The van der Waals surface area contributed by atoms with Gasteiger partial charge in [-0.05, 0) is 49.4 Å². The molecule has 3 heterocycles. The van der Waals surface area contributed by atoms with Crippen molar-refractivity contribution in [2.75, 3.05) is 5.32 Å². The molecule has 5 aromatic rings. The maximum Gasteiger partial charge on any atom is 0.278 e. The van der Waals surface area contributed by atoms with Gasteiger partial charge in [-0.1, -0.05) is 29.8 Å². The number of hydrogen-bond donors (Lipinski definition) is 1. The SMILES string of the molecule is Cc1nn(-c2ccccc2)nc1C(=O)Nc1cccnc1Oc1ncnc2cc(Cl)ccc12. The van der Waals surface area contributed by atoms with Crippen molar-refractivity contribution in [3.63, 3.8) is 0 Å². The highest BCUT2D eigenvalue weighted by molar-refractivity contribution is 6.31. The summed E-state index contributed by atoms with van der Waals surface area (Å²) in [7, 11) is 0. The number of amides is 1. The molecule has 1 N–H and O–H groups in total. The lowest BCUT2D eigenvalue weighted by Gasteiger charge is -2.11. The normalized spacial score (nSPS) is 10.8. The maximum atomic E-state index is 13.0. The van der Waals surface area contributed by atoms with Crippen molar-refractivity contribution in [1.82, 2.24) is 29.9 Å². The average molecular weight is 458 g/mol. The van der Waals surface area contributed by atoms with Gasteiger partial charge in [-0.25, -0.2) is 15.0 Å². The molecule has 0 atom stereocenters. The Morgan fingerprint density at radius 1 is 0.970 bits per heavy atom. The predicted molar refractivity (Wildman–Crippen MR) is 123 cm³/mol. The largest absolute Gasteiger partial charge is 0.418 e. The molecule has 0 saturated carbocycles. The minimum Gasteiger partial charge on any atom is -0.418 e. The van der Waals surface area contributed by atoms with Crippen LogP contribution in [0.2, 0.25) is 5.02 Å². The second kappa shape index (κ2) is 8.64. The number of ether oxygens (including phenoxy) is 1. The Kier molecular flexibility index (Phi) is 5.37. The number of halogens is 1. The molecule has 0 aliphatic carbocycles. The first-order valence-corrected chi connectivity index (χ1v) is 10.3. The van der Waals surface area contributed by atoms with Crippen LogP contribution in [0.3, 0.4) is 0 Å². The van der Waals surface area contributed by atoms with Crippen LogP contribution < -0.4 is 10.1 Å². The molecule has 0 spiro atoms. The van der Waals surface area contributed by atoms with Gasteiger partial charge in [0.05, 0.1) is 22.3 Å². The zero-order valence-corrected chi connectivity index (χ0v) is 18.1. The summed E-state index contributed by atoms with van der Waals surface area (Å²) in [6.45, 7) is 1.72. The lowest BCUT2D eigenvalue weighted by Crippen LogP contribution is -2.15. The van der Waals surface area contributed by atoms with Crippen LogP contribution in [0.15, 0.2) is 73.2 Å². The first-order chi connectivity index (χ1) is 16.1. The first kappa shape index (κ1) is 20.5. The van der Waals surface area contributed by atoms with Crippen molar-refractivity contribution in [3.8, 4) is 17.4 Å². The number of rotatable bonds is 5. The van der Waals surface area contributed by atoms with Crippen LogP contribution in [0.25, 0.3) is 16.6 Å². The minimum absolute atomic E-state index is 0.175. The van der Waals surface area contributed by atoms with Crippen LogP contribution in [0.4, 0.5) is 5.69 Å². The zero-order chi connectivity index (χ0) is 22.8. The van der Waals surface area contributed by atoms with Gasteiger partial charge in [-0.3, -0.25) is 4.79 Å². The van der Waals surface area contributed by atoms with Gasteiger partial charge in [0.15, 0.2) is 5.69 Å². The van der Waals surface area contributed by atoms with Crippen molar-refractivity contribution in [3.05, 3.63) is 89.6 Å². The fraction of sp³-hybridized carbons (Fsp3) is 0.0435. The third-order valence-electron chi connectivity index (χ3n) is 4.76. The Hall–Kier alpha value is -4.37. The minimum atomic E-state index is -0.438. The van der Waals surface area contributed by atoms with Crippen molar-refractivity contribution < 1.29 is 9.53 Å². The van der Waals surface area contributed by atoms with E-state index in [0.29, 0.717) is 27.3 Å². The Morgan fingerprint density at radius 2 is 1.82 bits per heavy atom. The number of nitrogens with zero attached hydrogens (tertiary/aromatic N) is 6. The van der Waals surface area contributed by atoms with E-state index < -0.39 is 5.91 Å². The van der Waals surface area contributed by atoms with Gasteiger partial charge < -0.3 is 10.1 Å². The molecule has 10 heteroatoms. The van der Waals surface area contributed by atoms with E-state index in [9.17, 15) is 4.79 Å². The molecular weight excluding hydrogens is 442 g/mol. The molecule has 0 bridgehead atoms. The third-order valence-corrected chi connectivity index (χ3v) is 4.99. The Labute approximate surface area is 193 Å². The number of carbonyl (C=O) groups is 1. The van der Waals surface area contributed by atoms with E-state index >= 15 is 0 Å². The van der Waals surface area contributed by atoms with Gasteiger partial charge in [0.1, 0.15) is 12.0 Å². The van der Waals surface area contributed by atoms with E-state index in [4.69, 9.17) is 16.3 Å². The summed E-state index contributed by atoms with van der Waals surface area (Å²) in [5.41, 5.74) is 2.41. The van der Waals surface area contributed by atoms with Gasteiger partial charge in [0.25, 0.3) is 5.91 Å². The number of hydrogen-bond acceptors (Lipinski definition) is 7. The van der Waals surface area contributed by atoms with E-state index in [2.05, 4.69) is 30.5 Å². The zero-order valence-electron chi connectivity index (χ0n) is 17.3. The number of aryl methyl sites for hydroxylation is 1. The number of fused-ring (bicyclic) bond motifs is 1. The molecule has 9 nitrogen and oxygen atoms in total. The lowest BCUT2D eigenvalue weighted by atomic mass is 10.2. The monoisotopic (exact) mass is 457 g/mol. The fourth-order valence-electron chi connectivity index (χ4n) is 3.19. The average Bonchev–Trinajstić information content (AvgIpc) is 3.22. The molecule has 0 saturated heterocycles. The van der Waals surface area contributed by atoms with Crippen molar-refractivity contribution in [2.24, 2.45) is 0 Å². The quantitative estimate of drug-likeness (QED) is 0.410. The second-order valence-electron chi connectivity index (χ2n) is 7.01. The van der Waals surface area contributed by atoms with Gasteiger partial charge in [-0.15, -0.1) is 5.10 Å². The summed E-state index contributed by atoms with van der Waals surface area (Å²) in [5, 5.41) is 12.7. The van der Waals surface area contributed by atoms with E-state index in [1.165, 1.54) is 11.1 Å². The van der Waals surface area contributed by atoms with Crippen LogP contribution in [-0.2, 0) is 0 Å². The molecule has 3 aromatic heterocycles. The maximum absolute atomic E-state index is 13.0. The number of aromatic nitrogens is 6. The third kappa shape index (κ3) is 4.21. The van der Waals surface area contributed by atoms with Crippen molar-refractivity contribution in [1.29, 1.82) is 0 Å². The number of pyridine rings is 1. The fourth-order valence-corrected chi connectivity index (χ4v) is 3.36. The summed E-state index contributed by atoms with van der Waals surface area (Å²) in [6.07, 6.45) is 2.93. The molecule has 0 fully saturated rings. The summed E-state index contributed by atoms with van der Waals surface area (Å²) < 4.78 is 5.94. The Bertz CT molecular complexity index is 1470. The number of nitrogens with one attached hydrogen (secondary N) is 1. The van der Waals surface area contributed by atoms with Gasteiger partial charge in [-0.2, -0.15) is 9.90 Å². The molecule has 0 aliphatic heterocycles. The van der Waals surface area contributed by atoms with Crippen LogP contribution in [-0.4, -0.2) is 35.9 Å². The van der Waals surface area contributed by atoms with Crippen molar-refractivity contribution >= 4 is 34.1 Å². The molecule has 0 radical (unpaired) electrons. The number of para-hydroxylation sites is 1. The molecule has 0 aliphatic rings. The molecule has 162 valence electrons. The second-order valence-corrected chi connectivity index (χ2v) is 7.45. The highest BCUT2D eigenvalue weighted by atomic mass is 35.5. The summed E-state index contributed by atoms with van der Waals surface area (Å²) in [6, 6.07) is 17.9. The predicted octanol–water partition coefficient (Wildman–Crippen LogP) is 4.61. The smallest absolute Gasteiger partial charge is 0.278 e. The van der Waals surface area contributed by atoms with Crippen LogP contribution in [0.5, 0.6) is 11.8 Å². The Balaban J connectivity index is 1.43. The van der Waals surface area contributed by atoms with Crippen LogP contribution in [0, 0.1) is 6.92 Å². The molecule has 33 heavy (non-hydrogen) atoms. The Morgan fingerprint density at radius 3 is 2.67 bits per heavy atom. The van der Waals surface area contributed by atoms with E-state index in [1.807, 2.05) is 30.3 Å². The molecule has 5 rings (SSSR count). The van der Waals surface area contributed by atoms with Crippen LogP contribution in [0.1, 0.15) is 16.2 Å². The summed E-state index contributed by atoms with van der Waals surface area (Å²) in [4.78, 5) is 27.1. The lowest BCUT2D eigenvalue weighted by molar-refractivity contribution is 0.102. The first-order valence-electron chi connectivity index (χ1n) is 9.92. The number of anilines is 1. The number of benzene rings is 2. The van der Waals surface area contributed by atoms with E-state index in [0.717, 1.165) is 5.69 Å². The van der Waals surface area contributed by atoms with E-state index in [-0.39, 0.29) is 17.5 Å². The van der Waals surface area contributed by atoms with Gasteiger partial charge >= 0.3 is 0 Å². The molecule has 2 aromatic carbocycles. The molecule has 0 unspecified atom stereocenters. The molecule has 1 amide bonds. The standard InChI is InChI=1S/C23H16ClN7O2/c1-14-20(30-31(29-14)16-6-3-2-4-7-16)21(32)28-18-8-5-11-25-23(18)33-22-17-10-9-15(24)12-19(17)26-13-27-22/h2-13H,1H3,(H,28,32). The van der Waals surface area contributed by atoms with Gasteiger partial charge in [0.2, 0.25) is 11.8 Å².